The molecule has 0 aliphatic carbocycles. The van der Waals surface area contributed by atoms with Crippen LogP contribution in [0, 0.1) is 0 Å². The second kappa shape index (κ2) is 8.71. The van der Waals surface area contributed by atoms with Crippen molar-refractivity contribution < 1.29 is 9.21 Å². The van der Waals surface area contributed by atoms with Gasteiger partial charge in [-0.3, -0.25) is 9.69 Å². The van der Waals surface area contributed by atoms with Crippen LogP contribution in [0.15, 0.2) is 77.2 Å². The fraction of sp³-hybridized carbons (Fsp3) is 0.200. The van der Waals surface area contributed by atoms with Crippen LogP contribution in [-0.2, 0) is 6.54 Å². The summed E-state index contributed by atoms with van der Waals surface area (Å²) in [5.41, 5.74) is 4.82. The number of anilines is 1. The zero-order valence-electron chi connectivity index (χ0n) is 17.2. The molecule has 1 aromatic heterocycles. The van der Waals surface area contributed by atoms with E-state index in [0.717, 1.165) is 55.0 Å². The van der Waals surface area contributed by atoms with Crippen LogP contribution < -0.4 is 10.6 Å². The number of carbonyl (C=O) groups is 1. The fourth-order valence-corrected chi connectivity index (χ4v) is 3.92. The van der Waals surface area contributed by atoms with Crippen LogP contribution in [-0.4, -0.2) is 42.0 Å². The second-order valence-electron chi connectivity index (χ2n) is 7.67. The number of nitrogens with one attached hydrogen (secondary N) is 2. The summed E-state index contributed by atoms with van der Waals surface area (Å²) in [6.07, 6.45) is 0. The van der Waals surface area contributed by atoms with Gasteiger partial charge in [-0.05, 0) is 35.9 Å². The van der Waals surface area contributed by atoms with Gasteiger partial charge < -0.3 is 15.1 Å². The second-order valence-corrected chi connectivity index (χ2v) is 7.67. The molecule has 0 bridgehead atoms. The number of oxazole rings is 1. The number of piperazine rings is 1. The number of fused-ring (bicyclic) bond motifs is 1. The number of benzene rings is 3. The van der Waals surface area contributed by atoms with Crippen molar-refractivity contribution in [2.75, 3.05) is 31.5 Å². The quantitative estimate of drug-likeness (QED) is 0.515. The summed E-state index contributed by atoms with van der Waals surface area (Å²) < 4.78 is 6.12. The molecule has 2 heterocycles. The molecule has 1 aliphatic rings. The number of amides is 1. The number of aromatic nitrogens is 1. The van der Waals surface area contributed by atoms with E-state index in [0.29, 0.717) is 17.1 Å². The predicted octanol–water partition coefficient (Wildman–Crippen LogP) is 4.15. The molecule has 3 aromatic carbocycles. The molecule has 0 radical (unpaired) electrons. The van der Waals surface area contributed by atoms with E-state index < -0.39 is 0 Å². The molecule has 4 aromatic rings. The highest BCUT2D eigenvalue weighted by molar-refractivity contribution is 6.06. The highest BCUT2D eigenvalue weighted by atomic mass is 16.3. The molecule has 6 nitrogen and oxygen atoms in total. The highest BCUT2D eigenvalue weighted by Crippen LogP contribution is 2.32. The van der Waals surface area contributed by atoms with Gasteiger partial charge in [0.05, 0.1) is 11.3 Å². The Kier molecular flexibility index (Phi) is 5.48. The Balaban J connectivity index is 1.46. The van der Waals surface area contributed by atoms with Crippen molar-refractivity contribution in [1.82, 2.24) is 15.2 Å². The van der Waals surface area contributed by atoms with Crippen molar-refractivity contribution in [1.29, 1.82) is 0 Å². The van der Waals surface area contributed by atoms with Gasteiger partial charge >= 0.3 is 0 Å². The summed E-state index contributed by atoms with van der Waals surface area (Å²) in [5.74, 6) is 0.343. The van der Waals surface area contributed by atoms with Gasteiger partial charge in [0.25, 0.3) is 5.91 Å². The smallest absolute Gasteiger partial charge is 0.255 e. The number of carbonyl (C=O) groups excluding carboxylic acids is 1. The van der Waals surface area contributed by atoms with Crippen molar-refractivity contribution in [2.45, 2.75) is 6.54 Å². The van der Waals surface area contributed by atoms with Crippen molar-refractivity contribution >= 4 is 22.7 Å². The number of para-hydroxylation sites is 2. The van der Waals surface area contributed by atoms with Crippen LogP contribution in [0.2, 0.25) is 0 Å². The lowest BCUT2D eigenvalue weighted by molar-refractivity contribution is 0.102. The molecule has 1 amide bonds. The van der Waals surface area contributed by atoms with Crippen LogP contribution in [0.3, 0.4) is 0 Å². The molecule has 31 heavy (non-hydrogen) atoms. The first kappa shape index (κ1) is 19.5. The maximum absolute atomic E-state index is 12.7. The molecule has 0 atom stereocenters. The lowest BCUT2D eigenvalue weighted by Gasteiger charge is -2.27. The van der Waals surface area contributed by atoms with Crippen molar-refractivity contribution in [2.24, 2.45) is 0 Å². The summed E-state index contributed by atoms with van der Waals surface area (Å²) in [6, 6.07) is 22.8. The zero-order chi connectivity index (χ0) is 21.0. The predicted molar refractivity (Wildman–Crippen MR) is 122 cm³/mol. The molecule has 5 rings (SSSR count). The van der Waals surface area contributed by atoms with Crippen LogP contribution in [0.5, 0.6) is 0 Å². The lowest BCUT2D eigenvalue weighted by atomic mass is 10.1. The molecular weight excluding hydrogens is 388 g/mol. The zero-order valence-corrected chi connectivity index (χ0v) is 17.2. The molecule has 156 valence electrons. The van der Waals surface area contributed by atoms with E-state index in [1.807, 2.05) is 54.6 Å². The minimum Gasteiger partial charge on any atom is -0.436 e. The molecular formula is C25H24N4O2. The topological polar surface area (TPSA) is 70.4 Å². The average Bonchev–Trinajstić information content (AvgIpc) is 3.26. The van der Waals surface area contributed by atoms with E-state index in [4.69, 9.17) is 9.40 Å². The molecule has 6 heteroatoms. The third-order valence-electron chi connectivity index (χ3n) is 5.55. The monoisotopic (exact) mass is 412 g/mol. The molecule has 2 N–H and O–H groups in total. The molecule has 1 fully saturated rings. The Bertz CT molecular complexity index is 1200. The largest absolute Gasteiger partial charge is 0.436 e. The number of hydrogen-bond acceptors (Lipinski definition) is 5. The van der Waals surface area contributed by atoms with Crippen molar-refractivity contribution in [3.63, 3.8) is 0 Å². The summed E-state index contributed by atoms with van der Waals surface area (Å²) in [7, 11) is 0. The van der Waals surface area contributed by atoms with Crippen molar-refractivity contribution in [3.8, 4) is 11.5 Å². The summed E-state index contributed by atoms with van der Waals surface area (Å²) in [6.45, 7) is 4.91. The van der Waals surface area contributed by atoms with Gasteiger partial charge in [0.2, 0.25) is 5.89 Å². The first-order chi connectivity index (χ1) is 15.3. The molecule has 0 spiro atoms. The van der Waals surface area contributed by atoms with Gasteiger partial charge in [0.15, 0.2) is 5.58 Å². The fourth-order valence-electron chi connectivity index (χ4n) is 3.92. The summed E-state index contributed by atoms with van der Waals surface area (Å²) >= 11 is 0. The Hall–Kier alpha value is -3.48. The Morgan fingerprint density at radius 3 is 2.58 bits per heavy atom. The molecule has 0 saturated carbocycles. The lowest BCUT2D eigenvalue weighted by Crippen LogP contribution is -2.42. The summed E-state index contributed by atoms with van der Waals surface area (Å²) in [4.78, 5) is 19.9. The van der Waals surface area contributed by atoms with Crippen LogP contribution in [0.1, 0.15) is 15.9 Å². The minimum absolute atomic E-state index is 0.163. The van der Waals surface area contributed by atoms with Gasteiger partial charge in [-0.1, -0.05) is 42.5 Å². The first-order valence-electron chi connectivity index (χ1n) is 10.6. The normalized spacial score (nSPS) is 14.6. The Labute approximate surface area is 180 Å². The standard InChI is InChI=1S/C25H24N4O2/c30-24(18-7-2-1-3-8-18)27-21-11-5-4-10-20(21)25-28-23-19(9-6-12-22(23)31-25)17-29-15-13-26-14-16-29/h1-12,26H,13-17H2,(H,27,30). The summed E-state index contributed by atoms with van der Waals surface area (Å²) in [5, 5.41) is 6.38. The number of nitrogens with zero attached hydrogens (tertiary/aromatic N) is 2. The van der Waals surface area contributed by atoms with Gasteiger partial charge in [0, 0.05) is 38.3 Å². The van der Waals surface area contributed by atoms with Gasteiger partial charge in [-0.25, -0.2) is 4.98 Å². The van der Waals surface area contributed by atoms with Gasteiger partial charge in [-0.2, -0.15) is 0 Å². The average molecular weight is 412 g/mol. The van der Waals surface area contributed by atoms with E-state index in [1.54, 1.807) is 12.1 Å². The van der Waals surface area contributed by atoms with E-state index in [1.165, 1.54) is 0 Å². The first-order valence-corrected chi connectivity index (χ1v) is 10.6. The number of rotatable bonds is 5. The van der Waals surface area contributed by atoms with Crippen LogP contribution in [0.4, 0.5) is 5.69 Å². The SMILES string of the molecule is O=C(Nc1ccccc1-c1nc2c(CN3CCNCC3)cccc2o1)c1ccccc1. The van der Waals surface area contributed by atoms with E-state index in [9.17, 15) is 4.79 Å². The molecule has 0 unspecified atom stereocenters. The number of hydrogen-bond donors (Lipinski definition) is 2. The van der Waals surface area contributed by atoms with Gasteiger partial charge in [-0.15, -0.1) is 0 Å². The molecule has 1 saturated heterocycles. The van der Waals surface area contributed by atoms with Gasteiger partial charge in [0.1, 0.15) is 5.52 Å². The van der Waals surface area contributed by atoms with E-state index >= 15 is 0 Å². The minimum atomic E-state index is -0.163. The third-order valence-corrected chi connectivity index (χ3v) is 5.55. The van der Waals surface area contributed by atoms with Crippen molar-refractivity contribution in [3.05, 3.63) is 83.9 Å². The maximum Gasteiger partial charge on any atom is 0.255 e. The van der Waals surface area contributed by atoms with Crippen LogP contribution in [0.25, 0.3) is 22.6 Å². The van der Waals surface area contributed by atoms with E-state index in [-0.39, 0.29) is 5.91 Å². The molecule has 1 aliphatic heterocycles. The highest BCUT2D eigenvalue weighted by Gasteiger charge is 2.18. The van der Waals surface area contributed by atoms with E-state index in [2.05, 4.69) is 21.6 Å². The Morgan fingerprint density at radius 1 is 0.968 bits per heavy atom. The maximum atomic E-state index is 12.7. The van der Waals surface area contributed by atoms with Crippen LogP contribution >= 0.6 is 0 Å². The third kappa shape index (κ3) is 4.21. The Morgan fingerprint density at radius 2 is 1.74 bits per heavy atom.